The summed E-state index contributed by atoms with van der Waals surface area (Å²) in [6, 6.07) is 19.0. The molecule has 0 aliphatic rings. The van der Waals surface area contributed by atoms with Crippen LogP contribution in [0.1, 0.15) is 16.7 Å². The van der Waals surface area contributed by atoms with Gasteiger partial charge < -0.3 is 10.0 Å². The Bertz CT molecular complexity index is 779. The average molecular weight is 303 g/mol. The third kappa shape index (κ3) is 3.97. The first-order valence-electron chi connectivity index (χ1n) is 7.23. The van der Waals surface area contributed by atoms with Gasteiger partial charge in [-0.3, -0.25) is 0 Å². The van der Waals surface area contributed by atoms with Gasteiger partial charge in [0.15, 0.2) is 0 Å². The number of rotatable bonds is 5. The minimum absolute atomic E-state index is 0.0989. The van der Waals surface area contributed by atoms with E-state index in [9.17, 15) is 5.26 Å². The number of hydrogen-bond acceptors (Lipinski definition) is 4. The summed E-state index contributed by atoms with van der Waals surface area (Å²) in [5.74, 6) is 0. The fourth-order valence-corrected chi connectivity index (χ4v) is 2.26. The van der Waals surface area contributed by atoms with Gasteiger partial charge in [0.25, 0.3) is 0 Å². The molecule has 0 unspecified atom stereocenters. The van der Waals surface area contributed by atoms with Gasteiger partial charge in [-0.05, 0) is 29.8 Å². The lowest BCUT2D eigenvalue weighted by Gasteiger charge is -2.17. The van der Waals surface area contributed by atoms with Crippen molar-refractivity contribution in [1.29, 1.82) is 10.5 Å². The van der Waals surface area contributed by atoms with Gasteiger partial charge >= 0.3 is 0 Å². The number of hydrogen-bond donors (Lipinski definition) is 1. The maximum Gasteiger partial charge on any atom is 0.0998 e. The van der Waals surface area contributed by atoms with Crippen LogP contribution in [0.4, 0.5) is 5.69 Å². The molecular weight excluding hydrogens is 286 g/mol. The van der Waals surface area contributed by atoms with E-state index in [0.717, 1.165) is 11.3 Å². The fourth-order valence-electron chi connectivity index (χ4n) is 2.26. The van der Waals surface area contributed by atoms with Gasteiger partial charge in [0, 0.05) is 24.8 Å². The highest BCUT2D eigenvalue weighted by molar-refractivity contribution is 5.91. The van der Waals surface area contributed by atoms with Gasteiger partial charge in [0.2, 0.25) is 0 Å². The molecule has 0 heterocycles. The summed E-state index contributed by atoms with van der Waals surface area (Å²) >= 11 is 0. The van der Waals surface area contributed by atoms with E-state index in [0.29, 0.717) is 23.2 Å². The van der Waals surface area contributed by atoms with Gasteiger partial charge in [-0.2, -0.15) is 10.5 Å². The Morgan fingerprint density at radius 1 is 1.13 bits per heavy atom. The van der Waals surface area contributed by atoms with Crippen molar-refractivity contribution >= 4 is 17.3 Å². The molecule has 0 amide bonds. The second-order valence-electron chi connectivity index (χ2n) is 5.06. The minimum Gasteiger partial charge on any atom is -0.395 e. The third-order valence-corrected chi connectivity index (χ3v) is 3.54. The van der Waals surface area contributed by atoms with Crippen LogP contribution in [-0.2, 0) is 0 Å². The van der Waals surface area contributed by atoms with Crippen LogP contribution in [0.3, 0.4) is 0 Å². The predicted octanol–water partition coefficient (Wildman–Crippen LogP) is 3.05. The Balaban J connectivity index is 2.32. The molecule has 0 fully saturated rings. The molecule has 1 N–H and O–H groups in total. The monoisotopic (exact) mass is 303 g/mol. The third-order valence-electron chi connectivity index (χ3n) is 3.54. The Labute approximate surface area is 136 Å². The maximum absolute atomic E-state index is 9.41. The molecule has 0 atom stereocenters. The van der Waals surface area contributed by atoms with Gasteiger partial charge in [0.1, 0.15) is 0 Å². The normalized spacial score (nSPS) is 10.7. The van der Waals surface area contributed by atoms with E-state index in [1.54, 1.807) is 24.3 Å². The van der Waals surface area contributed by atoms with Crippen LogP contribution < -0.4 is 4.90 Å². The molecule has 0 radical (unpaired) electrons. The number of aliphatic hydroxyl groups excluding tert-OH is 1. The second-order valence-corrected chi connectivity index (χ2v) is 5.06. The van der Waals surface area contributed by atoms with E-state index >= 15 is 0 Å². The molecule has 2 aromatic carbocycles. The number of anilines is 1. The second kappa shape index (κ2) is 7.79. The van der Waals surface area contributed by atoms with E-state index < -0.39 is 0 Å². The van der Waals surface area contributed by atoms with Gasteiger partial charge in [-0.25, -0.2) is 0 Å². The lowest BCUT2D eigenvalue weighted by atomic mass is 9.99. The summed E-state index contributed by atoms with van der Waals surface area (Å²) in [6.45, 7) is 0.663. The summed E-state index contributed by atoms with van der Waals surface area (Å²) < 4.78 is 0. The quantitative estimate of drug-likeness (QED) is 0.680. The summed E-state index contributed by atoms with van der Waals surface area (Å²) in [5, 5.41) is 27.5. The van der Waals surface area contributed by atoms with Crippen molar-refractivity contribution < 1.29 is 5.11 Å². The Kier molecular flexibility index (Phi) is 5.52. The van der Waals surface area contributed by atoms with E-state index in [1.807, 2.05) is 42.3 Å². The van der Waals surface area contributed by atoms with Crippen molar-refractivity contribution in [1.82, 2.24) is 0 Å². The smallest absolute Gasteiger partial charge is 0.0998 e. The van der Waals surface area contributed by atoms with Crippen LogP contribution in [0.2, 0.25) is 0 Å². The summed E-state index contributed by atoms with van der Waals surface area (Å²) in [6.07, 6.45) is 1.77. The van der Waals surface area contributed by atoms with Crippen LogP contribution >= 0.6 is 0 Å². The van der Waals surface area contributed by atoms with Crippen molar-refractivity contribution in [2.24, 2.45) is 0 Å². The molecule has 4 nitrogen and oxygen atoms in total. The Morgan fingerprint density at radius 2 is 1.83 bits per heavy atom. The van der Waals surface area contributed by atoms with E-state index in [1.165, 1.54) is 0 Å². The summed E-state index contributed by atoms with van der Waals surface area (Å²) in [7, 11) is 1.91. The number of nitrogens with zero attached hydrogens (tertiary/aromatic N) is 3. The molecule has 0 aliphatic carbocycles. The SMILES string of the molecule is CN(CCO)c1ccc(C=C(C#N)c2ccccc2C#N)cc1. The molecule has 23 heavy (non-hydrogen) atoms. The molecule has 0 saturated heterocycles. The molecule has 114 valence electrons. The lowest BCUT2D eigenvalue weighted by Crippen LogP contribution is -2.20. The maximum atomic E-state index is 9.41. The Morgan fingerprint density at radius 3 is 2.43 bits per heavy atom. The zero-order valence-electron chi connectivity index (χ0n) is 12.9. The predicted molar refractivity (Wildman–Crippen MR) is 91.4 cm³/mol. The van der Waals surface area contributed by atoms with Crippen LogP contribution in [0.15, 0.2) is 48.5 Å². The van der Waals surface area contributed by atoms with Crippen molar-refractivity contribution in [3.05, 3.63) is 65.2 Å². The lowest BCUT2D eigenvalue weighted by molar-refractivity contribution is 0.304. The first-order chi connectivity index (χ1) is 11.2. The number of aliphatic hydroxyl groups is 1. The zero-order chi connectivity index (χ0) is 16.7. The van der Waals surface area contributed by atoms with Crippen LogP contribution in [0.5, 0.6) is 0 Å². The molecule has 0 aromatic heterocycles. The highest BCUT2D eigenvalue weighted by Crippen LogP contribution is 2.22. The van der Waals surface area contributed by atoms with Gasteiger partial charge in [-0.1, -0.05) is 30.3 Å². The zero-order valence-corrected chi connectivity index (χ0v) is 12.9. The highest BCUT2D eigenvalue weighted by Gasteiger charge is 2.07. The van der Waals surface area contributed by atoms with Gasteiger partial charge in [-0.15, -0.1) is 0 Å². The van der Waals surface area contributed by atoms with Gasteiger partial charge in [0.05, 0.1) is 29.9 Å². The number of benzene rings is 2. The highest BCUT2D eigenvalue weighted by atomic mass is 16.3. The number of nitriles is 2. The molecular formula is C19H17N3O. The topological polar surface area (TPSA) is 71.0 Å². The van der Waals surface area contributed by atoms with Crippen molar-refractivity contribution in [2.45, 2.75) is 0 Å². The van der Waals surface area contributed by atoms with Crippen LogP contribution in [0, 0.1) is 22.7 Å². The number of likely N-dealkylation sites (N-methyl/N-ethyl adjacent to an activating group) is 1. The molecule has 0 saturated carbocycles. The van der Waals surface area contributed by atoms with E-state index in [2.05, 4.69) is 12.1 Å². The standard InChI is InChI=1S/C19H17N3O/c1-22(10-11-23)18-8-6-15(7-9-18)12-17(14-21)19-5-3-2-4-16(19)13-20/h2-9,12,23H,10-11H2,1H3. The summed E-state index contributed by atoms with van der Waals surface area (Å²) in [5.41, 5.74) is 3.46. The molecule has 0 spiro atoms. The molecule has 0 bridgehead atoms. The molecule has 2 aromatic rings. The number of allylic oxidation sites excluding steroid dienone is 1. The summed E-state index contributed by atoms with van der Waals surface area (Å²) in [4.78, 5) is 1.95. The molecule has 4 heteroatoms. The molecule has 0 aliphatic heterocycles. The minimum atomic E-state index is 0.0989. The van der Waals surface area contributed by atoms with Crippen LogP contribution in [-0.4, -0.2) is 25.3 Å². The molecule has 2 rings (SSSR count). The van der Waals surface area contributed by atoms with E-state index in [4.69, 9.17) is 10.4 Å². The average Bonchev–Trinajstić information content (AvgIpc) is 2.60. The van der Waals surface area contributed by atoms with Crippen LogP contribution in [0.25, 0.3) is 11.6 Å². The largest absolute Gasteiger partial charge is 0.395 e. The van der Waals surface area contributed by atoms with Crippen molar-refractivity contribution in [2.75, 3.05) is 25.1 Å². The Hall–Kier alpha value is -3.08. The first-order valence-corrected chi connectivity index (χ1v) is 7.23. The first kappa shape index (κ1) is 16.3. The fraction of sp³-hybridized carbons (Fsp3) is 0.158. The van der Waals surface area contributed by atoms with Crippen molar-refractivity contribution in [3.8, 4) is 12.1 Å². The van der Waals surface area contributed by atoms with Crippen molar-refractivity contribution in [3.63, 3.8) is 0 Å². The van der Waals surface area contributed by atoms with E-state index in [-0.39, 0.29) is 6.61 Å².